The number of hydrogen-bond acceptors (Lipinski definition) is 3. The molecule has 3 heteroatoms. The average molecular weight is 323 g/mol. The summed E-state index contributed by atoms with van der Waals surface area (Å²) in [4.78, 5) is 5.47. The van der Waals surface area contributed by atoms with Gasteiger partial charge in [0.25, 0.3) is 0 Å². The molecule has 0 saturated heterocycles. The summed E-state index contributed by atoms with van der Waals surface area (Å²) >= 11 is 0. The van der Waals surface area contributed by atoms with Gasteiger partial charge < -0.3 is 9.57 Å². The minimum absolute atomic E-state index is 0.464. The SMILES string of the molecule is COc1ccc(CON=Cc2ccccc2C2CCCCC2)cc1. The summed E-state index contributed by atoms with van der Waals surface area (Å²) in [6.45, 7) is 0.464. The van der Waals surface area contributed by atoms with E-state index in [0.29, 0.717) is 12.5 Å². The Labute approximate surface area is 144 Å². The largest absolute Gasteiger partial charge is 0.497 e. The van der Waals surface area contributed by atoms with Gasteiger partial charge in [-0.1, -0.05) is 60.8 Å². The van der Waals surface area contributed by atoms with Crippen LogP contribution in [0.15, 0.2) is 53.7 Å². The molecule has 0 aromatic heterocycles. The van der Waals surface area contributed by atoms with Gasteiger partial charge in [-0.25, -0.2) is 0 Å². The van der Waals surface area contributed by atoms with E-state index in [1.54, 1.807) is 7.11 Å². The zero-order valence-electron chi connectivity index (χ0n) is 14.3. The topological polar surface area (TPSA) is 30.8 Å². The second kappa shape index (κ2) is 8.53. The number of oxime groups is 1. The molecule has 1 aliphatic rings. The molecule has 0 bridgehead atoms. The van der Waals surface area contributed by atoms with Crippen LogP contribution in [-0.2, 0) is 11.4 Å². The lowest BCUT2D eigenvalue weighted by Gasteiger charge is -2.23. The minimum atomic E-state index is 0.464. The van der Waals surface area contributed by atoms with Gasteiger partial charge in [-0.05, 0) is 47.6 Å². The van der Waals surface area contributed by atoms with E-state index >= 15 is 0 Å². The second-order valence-electron chi connectivity index (χ2n) is 6.32. The van der Waals surface area contributed by atoms with Crippen LogP contribution in [0.1, 0.15) is 54.7 Å². The molecule has 3 nitrogen and oxygen atoms in total. The number of nitrogens with zero attached hydrogens (tertiary/aromatic N) is 1. The number of benzene rings is 2. The van der Waals surface area contributed by atoms with Crippen LogP contribution in [0.4, 0.5) is 0 Å². The van der Waals surface area contributed by atoms with E-state index in [1.807, 2.05) is 30.5 Å². The van der Waals surface area contributed by atoms with Crippen LogP contribution in [0, 0.1) is 0 Å². The van der Waals surface area contributed by atoms with E-state index in [0.717, 1.165) is 11.3 Å². The number of rotatable bonds is 6. The Morgan fingerprint density at radius 2 is 1.75 bits per heavy atom. The number of methoxy groups -OCH3 is 1. The lowest BCUT2D eigenvalue weighted by atomic mass is 9.82. The number of ether oxygens (including phenoxy) is 1. The van der Waals surface area contributed by atoms with Gasteiger partial charge in [-0.2, -0.15) is 0 Å². The Hall–Kier alpha value is -2.29. The fourth-order valence-corrected chi connectivity index (χ4v) is 3.34. The molecule has 2 aromatic rings. The highest BCUT2D eigenvalue weighted by molar-refractivity contribution is 5.81. The molecule has 0 atom stereocenters. The van der Waals surface area contributed by atoms with Crippen LogP contribution >= 0.6 is 0 Å². The van der Waals surface area contributed by atoms with E-state index in [2.05, 4.69) is 29.4 Å². The fraction of sp³-hybridized carbons (Fsp3) is 0.381. The van der Waals surface area contributed by atoms with E-state index in [9.17, 15) is 0 Å². The Bertz CT molecular complexity index is 658. The van der Waals surface area contributed by atoms with Crippen molar-refractivity contribution in [3.63, 3.8) is 0 Å². The van der Waals surface area contributed by atoms with Crippen molar-refractivity contribution in [3.8, 4) is 5.75 Å². The van der Waals surface area contributed by atoms with Crippen LogP contribution in [-0.4, -0.2) is 13.3 Å². The first-order valence-electron chi connectivity index (χ1n) is 8.74. The zero-order valence-corrected chi connectivity index (χ0v) is 14.3. The molecule has 126 valence electrons. The van der Waals surface area contributed by atoms with Crippen LogP contribution in [0.3, 0.4) is 0 Å². The Morgan fingerprint density at radius 1 is 1.00 bits per heavy atom. The highest BCUT2D eigenvalue weighted by Crippen LogP contribution is 2.33. The summed E-state index contributed by atoms with van der Waals surface area (Å²) in [5.41, 5.74) is 3.67. The lowest BCUT2D eigenvalue weighted by Crippen LogP contribution is -2.07. The van der Waals surface area contributed by atoms with Crippen molar-refractivity contribution >= 4 is 6.21 Å². The Balaban J connectivity index is 1.59. The molecule has 2 aromatic carbocycles. The van der Waals surface area contributed by atoms with Gasteiger partial charge >= 0.3 is 0 Å². The molecule has 0 aliphatic heterocycles. The minimum Gasteiger partial charge on any atom is -0.497 e. The average Bonchev–Trinajstić information content (AvgIpc) is 2.67. The molecular formula is C21H25NO2. The fourth-order valence-electron chi connectivity index (χ4n) is 3.34. The standard InChI is InChI=1S/C21H25NO2/c1-23-20-13-11-17(12-14-20)16-24-22-15-19-9-5-6-10-21(19)18-7-3-2-4-8-18/h5-6,9-15,18H,2-4,7-8,16H2,1H3. The highest BCUT2D eigenvalue weighted by Gasteiger charge is 2.17. The zero-order chi connectivity index (χ0) is 16.6. The van der Waals surface area contributed by atoms with Crippen molar-refractivity contribution in [2.75, 3.05) is 7.11 Å². The van der Waals surface area contributed by atoms with E-state index in [-0.39, 0.29) is 0 Å². The summed E-state index contributed by atoms with van der Waals surface area (Å²) in [6.07, 6.45) is 8.48. The molecule has 0 unspecified atom stereocenters. The van der Waals surface area contributed by atoms with Gasteiger partial charge in [0.2, 0.25) is 0 Å². The summed E-state index contributed by atoms with van der Waals surface area (Å²) in [5.74, 6) is 1.52. The summed E-state index contributed by atoms with van der Waals surface area (Å²) in [5, 5.41) is 4.18. The maximum absolute atomic E-state index is 5.47. The normalized spacial score (nSPS) is 15.5. The predicted octanol–water partition coefficient (Wildman–Crippen LogP) is 5.29. The van der Waals surface area contributed by atoms with Crippen molar-refractivity contribution in [1.82, 2.24) is 0 Å². The molecule has 1 fully saturated rings. The van der Waals surface area contributed by atoms with Crippen LogP contribution in [0.2, 0.25) is 0 Å². The first kappa shape index (κ1) is 16.6. The van der Waals surface area contributed by atoms with Crippen molar-refractivity contribution < 1.29 is 9.57 Å². The summed E-state index contributed by atoms with van der Waals surface area (Å²) in [6, 6.07) is 16.4. The highest BCUT2D eigenvalue weighted by atomic mass is 16.6. The van der Waals surface area contributed by atoms with Gasteiger partial charge in [0, 0.05) is 0 Å². The molecule has 1 aliphatic carbocycles. The smallest absolute Gasteiger partial charge is 0.142 e. The van der Waals surface area contributed by atoms with E-state index in [4.69, 9.17) is 9.57 Å². The lowest BCUT2D eigenvalue weighted by molar-refractivity contribution is 0.132. The summed E-state index contributed by atoms with van der Waals surface area (Å²) in [7, 11) is 1.67. The third kappa shape index (κ3) is 4.38. The van der Waals surface area contributed by atoms with Crippen LogP contribution in [0.25, 0.3) is 0 Å². The molecule has 0 heterocycles. The molecular weight excluding hydrogens is 298 g/mol. The quantitative estimate of drug-likeness (QED) is 0.534. The molecule has 3 rings (SSSR count). The molecule has 24 heavy (non-hydrogen) atoms. The predicted molar refractivity (Wildman–Crippen MR) is 97.6 cm³/mol. The molecule has 1 saturated carbocycles. The van der Waals surface area contributed by atoms with Gasteiger partial charge in [0.05, 0.1) is 13.3 Å². The van der Waals surface area contributed by atoms with E-state index < -0.39 is 0 Å². The van der Waals surface area contributed by atoms with Gasteiger partial charge in [0.1, 0.15) is 12.4 Å². The maximum Gasteiger partial charge on any atom is 0.142 e. The van der Waals surface area contributed by atoms with Gasteiger partial charge in [0.15, 0.2) is 0 Å². The molecule has 0 amide bonds. The van der Waals surface area contributed by atoms with Crippen molar-refractivity contribution in [2.45, 2.75) is 44.6 Å². The van der Waals surface area contributed by atoms with Crippen LogP contribution < -0.4 is 4.74 Å². The monoisotopic (exact) mass is 323 g/mol. The Kier molecular flexibility index (Phi) is 5.89. The third-order valence-electron chi connectivity index (χ3n) is 4.70. The molecule has 0 N–H and O–H groups in total. The van der Waals surface area contributed by atoms with Crippen molar-refractivity contribution in [1.29, 1.82) is 0 Å². The third-order valence-corrected chi connectivity index (χ3v) is 4.70. The molecule has 0 spiro atoms. The van der Waals surface area contributed by atoms with Crippen molar-refractivity contribution in [2.24, 2.45) is 5.16 Å². The van der Waals surface area contributed by atoms with Crippen LogP contribution in [0.5, 0.6) is 5.75 Å². The van der Waals surface area contributed by atoms with E-state index in [1.165, 1.54) is 43.2 Å². The van der Waals surface area contributed by atoms with Crippen molar-refractivity contribution in [3.05, 3.63) is 65.2 Å². The number of hydrogen-bond donors (Lipinski definition) is 0. The maximum atomic E-state index is 5.47. The van der Waals surface area contributed by atoms with Gasteiger partial charge in [-0.3, -0.25) is 0 Å². The first-order valence-corrected chi connectivity index (χ1v) is 8.74. The summed E-state index contributed by atoms with van der Waals surface area (Å²) < 4.78 is 5.15. The second-order valence-corrected chi connectivity index (χ2v) is 6.32. The van der Waals surface area contributed by atoms with Gasteiger partial charge in [-0.15, -0.1) is 0 Å². The Morgan fingerprint density at radius 3 is 2.50 bits per heavy atom. The first-order chi connectivity index (χ1) is 11.9. The molecule has 0 radical (unpaired) electrons.